The van der Waals surface area contributed by atoms with Crippen LogP contribution in [-0.2, 0) is 0 Å². The molecule has 0 saturated carbocycles. The smallest absolute Gasteiger partial charge is 0.101 e. The van der Waals surface area contributed by atoms with Crippen molar-refractivity contribution >= 4 is 6.21 Å². The van der Waals surface area contributed by atoms with E-state index in [9.17, 15) is 0 Å². The molecule has 0 saturated heterocycles. The Morgan fingerprint density at radius 1 is 0.696 bits per heavy atom. The Labute approximate surface area is 137 Å². The van der Waals surface area contributed by atoms with Gasteiger partial charge in [0.05, 0.1) is 0 Å². The molecule has 0 amide bonds. The number of nitrogens with zero attached hydrogens (tertiary/aromatic N) is 1. The molecule has 0 aromatic heterocycles. The Balaban J connectivity index is 1.82. The summed E-state index contributed by atoms with van der Waals surface area (Å²) in [6.07, 6.45) is 2.05. The lowest BCUT2D eigenvalue weighted by Crippen LogP contribution is -1.97. The van der Waals surface area contributed by atoms with E-state index in [-0.39, 0.29) is 6.04 Å². The van der Waals surface area contributed by atoms with Crippen LogP contribution in [0, 0.1) is 13.8 Å². The van der Waals surface area contributed by atoms with Crippen LogP contribution in [0.5, 0.6) is 0 Å². The lowest BCUT2D eigenvalue weighted by Gasteiger charge is -2.09. The predicted octanol–water partition coefficient (Wildman–Crippen LogP) is 5.49. The van der Waals surface area contributed by atoms with Crippen molar-refractivity contribution in [3.8, 4) is 11.1 Å². The molecule has 1 aliphatic rings. The first-order chi connectivity index (χ1) is 11.3. The van der Waals surface area contributed by atoms with Gasteiger partial charge in [0.2, 0.25) is 0 Å². The molecule has 0 atom stereocenters. The van der Waals surface area contributed by atoms with Crippen LogP contribution in [0.3, 0.4) is 0 Å². The molecule has 1 aliphatic carbocycles. The molecule has 0 N–H and O–H groups in total. The summed E-state index contributed by atoms with van der Waals surface area (Å²) in [7, 11) is 0. The largest absolute Gasteiger partial charge is 0.280 e. The van der Waals surface area contributed by atoms with Crippen molar-refractivity contribution in [2.24, 2.45) is 4.99 Å². The summed E-state index contributed by atoms with van der Waals surface area (Å²) in [5, 5.41) is 0. The Kier molecular flexibility index (Phi) is 3.34. The molecular formula is C22H19N. The van der Waals surface area contributed by atoms with Crippen molar-refractivity contribution < 1.29 is 0 Å². The van der Waals surface area contributed by atoms with Gasteiger partial charge >= 0.3 is 0 Å². The average Bonchev–Trinajstić information content (AvgIpc) is 2.89. The van der Waals surface area contributed by atoms with Crippen molar-refractivity contribution in [1.82, 2.24) is 0 Å². The maximum absolute atomic E-state index is 4.97. The van der Waals surface area contributed by atoms with E-state index in [1.54, 1.807) is 0 Å². The Morgan fingerprint density at radius 2 is 1.22 bits per heavy atom. The van der Waals surface area contributed by atoms with E-state index >= 15 is 0 Å². The molecule has 4 rings (SSSR count). The van der Waals surface area contributed by atoms with Gasteiger partial charge in [0.15, 0.2) is 0 Å². The molecule has 0 spiro atoms. The third kappa shape index (κ3) is 2.29. The molecule has 0 heterocycles. The first-order valence-corrected chi connectivity index (χ1v) is 8.03. The maximum Gasteiger partial charge on any atom is 0.101 e. The zero-order valence-corrected chi connectivity index (χ0v) is 13.5. The molecule has 0 radical (unpaired) electrons. The molecule has 0 unspecified atom stereocenters. The lowest BCUT2D eigenvalue weighted by atomic mass is 10.0. The van der Waals surface area contributed by atoms with Gasteiger partial charge in [-0.15, -0.1) is 0 Å². The highest BCUT2D eigenvalue weighted by Gasteiger charge is 2.26. The normalized spacial score (nSPS) is 13.3. The average molecular weight is 297 g/mol. The molecule has 0 aliphatic heterocycles. The molecule has 3 aromatic rings. The molecule has 0 bridgehead atoms. The number of benzene rings is 3. The van der Waals surface area contributed by atoms with Crippen molar-refractivity contribution in [2.75, 3.05) is 0 Å². The highest BCUT2D eigenvalue weighted by Crippen LogP contribution is 2.45. The van der Waals surface area contributed by atoms with Gasteiger partial charge in [0.1, 0.15) is 6.04 Å². The third-order valence-electron chi connectivity index (χ3n) is 4.70. The topological polar surface area (TPSA) is 12.4 Å². The van der Waals surface area contributed by atoms with Crippen LogP contribution in [0.4, 0.5) is 0 Å². The molecule has 1 nitrogen and oxygen atoms in total. The first-order valence-electron chi connectivity index (χ1n) is 8.03. The van der Waals surface area contributed by atoms with Crippen molar-refractivity contribution in [2.45, 2.75) is 19.9 Å². The Hall–Kier alpha value is -2.67. The standard InChI is InChI=1S/C22H19N/c1-15-8-7-9-16(2)21(15)14-23-22-19-12-5-3-10-17(19)18-11-4-6-13-20(18)22/h3-14,22H,1-2H3. The van der Waals surface area contributed by atoms with Crippen molar-refractivity contribution in [3.05, 3.63) is 94.5 Å². The second kappa shape index (κ2) is 5.51. The van der Waals surface area contributed by atoms with Gasteiger partial charge in [0, 0.05) is 6.21 Å². The van der Waals surface area contributed by atoms with Gasteiger partial charge in [-0.25, -0.2) is 0 Å². The summed E-state index contributed by atoms with van der Waals surface area (Å²) in [4.78, 5) is 4.97. The fraction of sp³-hybridized carbons (Fsp3) is 0.136. The number of hydrogen-bond acceptors (Lipinski definition) is 1. The summed E-state index contributed by atoms with van der Waals surface area (Å²) in [6, 6.07) is 23.7. The SMILES string of the molecule is Cc1cccc(C)c1C=NC1c2ccccc2-c2ccccc21. The van der Waals surface area contributed by atoms with Crippen LogP contribution in [0.2, 0.25) is 0 Å². The number of fused-ring (bicyclic) bond motifs is 3. The minimum atomic E-state index is 0.0985. The summed E-state index contributed by atoms with van der Waals surface area (Å²) >= 11 is 0. The summed E-state index contributed by atoms with van der Waals surface area (Å²) in [6.45, 7) is 4.29. The number of rotatable bonds is 2. The fourth-order valence-corrected chi connectivity index (χ4v) is 3.47. The van der Waals surface area contributed by atoms with Crippen molar-refractivity contribution in [3.63, 3.8) is 0 Å². The zero-order chi connectivity index (χ0) is 15.8. The maximum atomic E-state index is 4.97. The van der Waals surface area contributed by atoms with Crippen LogP contribution >= 0.6 is 0 Å². The van der Waals surface area contributed by atoms with Gasteiger partial charge in [0.25, 0.3) is 0 Å². The first kappa shape index (κ1) is 14.0. The quantitative estimate of drug-likeness (QED) is 0.554. The van der Waals surface area contributed by atoms with Gasteiger partial charge in [-0.3, -0.25) is 4.99 Å². The Morgan fingerprint density at radius 3 is 1.78 bits per heavy atom. The minimum absolute atomic E-state index is 0.0985. The second-order valence-electron chi connectivity index (χ2n) is 6.16. The second-order valence-corrected chi connectivity index (χ2v) is 6.16. The van der Waals surface area contributed by atoms with E-state index in [4.69, 9.17) is 4.99 Å². The lowest BCUT2D eigenvalue weighted by molar-refractivity contribution is 0.907. The fourth-order valence-electron chi connectivity index (χ4n) is 3.47. The van der Waals surface area contributed by atoms with E-state index in [0.29, 0.717) is 0 Å². The van der Waals surface area contributed by atoms with Crippen LogP contribution < -0.4 is 0 Å². The minimum Gasteiger partial charge on any atom is -0.280 e. The van der Waals surface area contributed by atoms with Crippen LogP contribution in [0.25, 0.3) is 11.1 Å². The van der Waals surface area contributed by atoms with E-state index in [1.807, 2.05) is 6.21 Å². The third-order valence-corrected chi connectivity index (χ3v) is 4.70. The monoisotopic (exact) mass is 297 g/mol. The highest BCUT2D eigenvalue weighted by molar-refractivity contribution is 5.86. The molecular weight excluding hydrogens is 278 g/mol. The molecule has 1 heteroatoms. The van der Waals surface area contributed by atoms with Crippen molar-refractivity contribution in [1.29, 1.82) is 0 Å². The molecule has 3 aromatic carbocycles. The Bertz CT molecular complexity index is 840. The van der Waals surface area contributed by atoms with E-state index in [2.05, 4.69) is 80.6 Å². The summed E-state index contributed by atoms with van der Waals surface area (Å²) < 4.78 is 0. The number of aryl methyl sites for hydroxylation is 2. The number of hydrogen-bond donors (Lipinski definition) is 0. The molecule has 23 heavy (non-hydrogen) atoms. The van der Waals surface area contributed by atoms with E-state index in [0.717, 1.165) is 0 Å². The van der Waals surface area contributed by atoms with Crippen LogP contribution in [-0.4, -0.2) is 6.21 Å². The molecule has 0 fully saturated rings. The highest BCUT2D eigenvalue weighted by atomic mass is 14.8. The van der Waals surface area contributed by atoms with Gasteiger partial charge in [-0.05, 0) is 52.8 Å². The molecule has 112 valence electrons. The van der Waals surface area contributed by atoms with Gasteiger partial charge in [-0.2, -0.15) is 0 Å². The summed E-state index contributed by atoms with van der Waals surface area (Å²) in [5.41, 5.74) is 9.00. The van der Waals surface area contributed by atoms with Crippen LogP contribution in [0.1, 0.15) is 33.9 Å². The predicted molar refractivity (Wildman–Crippen MR) is 97.2 cm³/mol. The van der Waals surface area contributed by atoms with Gasteiger partial charge in [-0.1, -0.05) is 66.7 Å². The van der Waals surface area contributed by atoms with E-state index in [1.165, 1.54) is 38.9 Å². The van der Waals surface area contributed by atoms with E-state index < -0.39 is 0 Å². The zero-order valence-electron chi connectivity index (χ0n) is 13.5. The van der Waals surface area contributed by atoms with Gasteiger partial charge < -0.3 is 0 Å². The number of aliphatic imine (C=N–C) groups is 1. The summed E-state index contributed by atoms with van der Waals surface area (Å²) in [5.74, 6) is 0. The van der Waals surface area contributed by atoms with Crippen LogP contribution in [0.15, 0.2) is 71.7 Å².